The number of nitrogens with zero attached hydrogens (tertiary/aromatic N) is 4. The van der Waals surface area contributed by atoms with E-state index in [1.165, 1.54) is 0 Å². The molecule has 0 radical (unpaired) electrons. The van der Waals surface area contributed by atoms with Gasteiger partial charge in [0.15, 0.2) is 5.69 Å². The molecule has 0 spiro atoms. The Kier molecular flexibility index (Phi) is 3.25. The van der Waals surface area contributed by atoms with Crippen LogP contribution >= 0.6 is 0 Å². The third-order valence-corrected chi connectivity index (χ3v) is 4.38. The number of aromatic carboxylic acids is 1. The standard InChI is InChI=1S/C19H18N4O2/c1-19(2,3)18-20-9-11-8-14-16(17(24)25)21-10-23(14)13-7-5-4-6-12(13)15(11)22-18/h4-7,9-10H,8H2,1-3H3,(H,24,25). The van der Waals surface area contributed by atoms with Crippen molar-refractivity contribution in [2.45, 2.75) is 32.6 Å². The van der Waals surface area contributed by atoms with Gasteiger partial charge in [-0.15, -0.1) is 0 Å². The van der Waals surface area contributed by atoms with Gasteiger partial charge in [0.25, 0.3) is 0 Å². The summed E-state index contributed by atoms with van der Waals surface area (Å²) in [4.78, 5) is 25.0. The van der Waals surface area contributed by atoms with Crippen molar-refractivity contribution in [3.8, 4) is 16.9 Å². The molecule has 6 nitrogen and oxygen atoms in total. The molecule has 6 heteroatoms. The van der Waals surface area contributed by atoms with E-state index in [-0.39, 0.29) is 11.1 Å². The second-order valence-electron chi connectivity index (χ2n) is 7.23. The Balaban J connectivity index is 2.03. The molecule has 0 amide bonds. The van der Waals surface area contributed by atoms with Crippen LogP contribution in [0.1, 0.15) is 48.3 Å². The van der Waals surface area contributed by atoms with Crippen molar-refractivity contribution >= 4 is 5.97 Å². The molecule has 0 saturated carbocycles. The zero-order valence-corrected chi connectivity index (χ0v) is 14.3. The third-order valence-electron chi connectivity index (χ3n) is 4.38. The molecule has 25 heavy (non-hydrogen) atoms. The maximum absolute atomic E-state index is 11.5. The fourth-order valence-corrected chi connectivity index (χ4v) is 3.12. The van der Waals surface area contributed by atoms with Gasteiger partial charge in [-0.3, -0.25) is 0 Å². The van der Waals surface area contributed by atoms with Gasteiger partial charge in [0, 0.05) is 29.2 Å². The van der Waals surface area contributed by atoms with E-state index in [2.05, 4.69) is 30.7 Å². The molecule has 4 rings (SSSR count). The van der Waals surface area contributed by atoms with E-state index in [0.29, 0.717) is 12.1 Å². The summed E-state index contributed by atoms with van der Waals surface area (Å²) in [6.07, 6.45) is 3.81. The Bertz CT molecular complexity index is 999. The molecular weight excluding hydrogens is 316 g/mol. The highest BCUT2D eigenvalue weighted by Gasteiger charge is 2.27. The molecule has 1 aromatic carbocycles. The lowest BCUT2D eigenvalue weighted by molar-refractivity contribution is 0.0690. The van der Waals surface area contributed by atoms with Gasteiger partial charge in [-0.05, 0) is 6.07 Å². The average molecular weight is 334 g/mol. The van der Waals surface area contributed by atoms with Crippen molar-refractivity contribution in [2.24, 2.45) is 0 Å². The summed E-state index contributed by atoms with van der Waals surface area (Å²) in [5, 5.41) is 9.46. The number of hydrogen-bond donors (Lipinski definition) is 1. The van der Waals surface area contributed by atoms with Crippen molar-refractivity contribution in [1.82, 2.24) is 19.5 Å². The largest absolute Gasteiger partial charge is 0.476 e. The van der Waals surface area contributed by atoms with E-state index >= 15 is 0 Å². The number of carboxylic acids is 1. The molecule has 0 fully saturated rings. The number of carboxylic acid groups (broad SMARTS) is 1. The highest BCUT2D eigenvalue weighted by Crippen LogP contribution is 2.35. The molecule has 0 bridgehead atoms. The van der Waals surface area contributed by atoms with Crippen LogP contribution in [0.25, 0.3) is 16.9 Å². The number of rotatable bonds is 1. The highest BCUT2D eigenvalue weighted by atomic mass is 16.4. The van der Waals surface area contributed by atoms with Crippen molar-refractivity contribution in [1.29, 1.82) is 0 Å². The zero-order valence-electron chi connectivity index (χ0n) is 14.3. The molecule has 3 heterocycles. The Hall–Kier alpha value is -3.02. The summed E-state index contributed by atoms with van der Waals surface area (Å²) in [6, 6.07) is 7.85. The van der Waals surface area contributed by atoms with Crippen LogP contribution in [-0.4, -0.2) is 30.6 Å². The Morgan fingerprint density at radius 3 is 2.68 bits per heavy atom. The molecule has 0 aliphatic carbocycles. The number of hydrogen-bond acceptors (Lipinski definition) is 4. The summed E-state index contributed by atoms with van der Waals surface area (Å²) in [5.41, 5.74) is 4.15. The number of carbonyl (C=O) groups is 1. The van der Waals surface area contributed by atoms with E-state index < -0.39 is 5.97 Å². The second-order valence-corrected chi connectivity index (χ2v) is 7.23. The van der Waals surface area contributed by atoms with Crippen LogP contribution < -0.4 is 0 Å². The fourth-order valence-electron chi connectivity index (χ4n) is 3.12. The molecule has 1 N–H and O–H groups in total. The molecule has 126 valence electrons. The predicted octanol–water partition coefficient (Wildman–Crippen LogP) is 3.23. The first-order chi connectivity index (χ1) is 11.9. The number of imidazole rings is 1. The lowest BCUT2D eigenvalue weighted by Crippen LogP contribution is -2.17. The fraction of sp³-hybridized carbons (Fsp3) is 0.263. The summed E-state index contributed by atoms with van der Waals surface area (Å²) >= 11 is 0. The maximum atomic E-state index is 11.5. The van der Waals surface area contributed by atoms with E-state index in [1.807, 2.05) is 35.0 Å². The Labute approximate surface area is 145 Å². The minimum atomic E-state index is -1.03. The summed E-state index contributed by atoms with van der Waals surface area (Å²) in [5.74, 6) is -0.258. The molecule has 2 aromatic heterocycles. The van der Waals surface area contributed by atoms with Crippen LogP contribution in [0.15, 0.2) is 36.8 Å². The maximum Gasteiger partial charge on any atom is 0.356 e. The van der Waals surface area contributed by atoms with Gasteiger partial charge >= 0.3 is 5.97 Å². The average Bonchev–Trinajstić information content (AvgIpc) is 2.92. The minimum absolute atomic E-state index is 0.0718. The Morgan fingerprint density at radius 2 is 1.96 bits per heavy atom. The quantitative estimate of drug-likeness (QED) is 0.578. The SMILES string of the molecule is CC(C)(C)c1ncc2c(n1)-c1ccccc1-n1cnc(C(=O)O)c1C2. The normalized spacial score (nSPS) is 12.8. The van der Waals surface area contributed by atoms with Crippen LogP contribution in [0.4, 0.5) is 0 Å². The minimum Gasteiger partial charge on any atom is -0.476 e. The molecule has 3 aromatic rings. The van der Waals surface area contributed by atoms with Crippen LogP contribution in [-0.2, 0) is 11.8 Å². The van der Waals surface area contributed by atoms with E-state index in [9.17, 15) is 9.90 Å². The first-order valence-electron chi connectivity index (χ1n) is 8.12. The number of benzene rings is 1. The smallest absolute Gasteiger partial charge is 0.356 e. The summed E-state index contributed by atoms with van der Waals surface area (Å²) in [6.45, 7) is 6.23. The number of para-hydroxylation sites is 1. The molecule has 0 unspecified atom stereocenters. The van der Waals surface area contributed by atoms with Gasteiger partial charge in [0.05, 0.1) is 17.1 Å². The molecule has 1 aliphatic rings. The molecule has 0 atom stereocenters. The lowest BCUT2D eigenvalue weighted by atomic mass is 9.94. The second kappa shape index (κ2) is 5.24. The molecular formula is C19H18N4O2. The van der Waals surface area contributed by atoms with Gasteiger partial charge in [-0.1, -0.05) is 39.0 Å². The van der Waals surface area contributed by atoms with Crippen LogP contribution in [0.2, 0.25) is 0 Å². The topological polar surface area (TPSA) is 80.9 Å². The van der Waals surface area contributed by atoms with Crippen molar-refractivity contribution < 1.29 is 9.90 Å². The lowest BCUT2D eigenvalue weighted by Gasteiger charge is -2.18. The first-order valence-corrected chi connectivity index (χ1v) is 8.12. The van der Waals surface area contributed by atoms with E-state index in [0.717, 1.165) is 28.3 Å². The first kappa shape index (κ1) is 15.5. The molecule has 0 saturated heterocycles. The van der Waals surface area contributed by atoms with Gasteiger partial charge in [0.2, 0.25) is 0 Å². The van der Waals surface area contributed by atoms with Crippen molar-refractivity contribution in [3.05, 3.63) is 59.6 Å². The summed E-state index contributed by atoms with van der Waals surface area (Å²) < 4.78 is 1.84. The monoisotopic (exact) mass is 334 g/mol. The van der Waals surface area contributed by atoms with Gasteiger partial charge < -0.3 is 9.67 Å². The number of aromatic nitrogens is 4. The molecule has 1 aliphatic heterocycles. The van der Waals surface area contributed by atoms with Crippen LogP contribution in [0, 0.1) is 0 Å². The number of fused-ring (bicyclic) bond motifs is 5. The van der Waals surface area contributed by atoms with E-state index in [4.69, 9.17) is 4.98 Å². The summed E-state index contributed by atoms with van der Waals surface area (Å²) in [7, 11) is 0. The highest BCUT2D eigenvalue weighted by molar-refractivity contribution is 5.88. The van der Waals surface area contributed by atoms with Crippen LogP contribution in [0.3, 0.4) is 0 Å². The third kappa shape index (κ3) is 2.41. The van der Waals surface area contributed by atoms with Gasteiger partial charge in [0.1, 0.15) is 12.2 Å². The Morgan fingerprint density at radius 1 is 1.20 bits per heavy atom. The van der Waals surface area contributed by atoms with Crippen molar-refractivity contribution in [2.75, 3.05) is 0 Å². The predicted molar refractivity (Wildman–Crippen MR) is 93.1 cm³/mol. The van der Waals surface area contributed by atoms with Crippen molar-refractivity contribution in [3.63, 3.8) is 0 Å². The van der Waals surface area contributed by atoms with E-state index in [1.54, 1.807) is 6.33 Å². The van der Waals surface area contributed by atoms with Gasteiger partial charge in [-0.2, -0.15) is 0 Å². The zero-order chi connectivity index (χ0) is 17.8. The van der Waals surface area contributed by atoms with Crippen LogP contribution in [0.5, 0.6) is 0 Å². The van der Waals surface area contributed by atoms with Gasteiger partial charge in [-0.25, -0.2) is 19.7 Å².